The van der Waals surface area contributed by atoms with E-state index in [1.54, 1.807) is 25.2 Å². The molecule has 1 fully saturated rings. The second kappa shape index (κ2) is 14.3. The van der Waals surface area contributed by atoms with Gasteiger partial charge in [-0.15, -0.1) is 0 Å². The fourth-order valence-corrected chi connectivity index (χ4v) is 4.82. The third kappa shape index (κ3) is 8.04. The molecule has 0 aliphatic carbocycles. The number of amides is 3. The molecule has 1 aliphatic heterocycles. The Morgan fingerprint density at radius 1 is 1.07 bits per heavy atom. The maximum absolute atomic E-state index is 12.5. The molecule has 0 saturated carbocycles. The van der Waals surface area contributed by atoms with E-state index in [4.69, 9.17) is 11.6 Å². The lowest BCUT2D eigenvalue weighted by Crippen LogP contribution is -2.38. The summed E-state index contributed by atoms with van der Waals surface area (Å²) in [4.78, 5) is 46.7. The van der Waals surface area contributed by atoms with Crippen molar-refractivity contribution in [3.05, 3.63) is 83.5 Å². The van der Waals surface area contributed by atoms with Crippen LogP contribution in [0, 0.1) is 0 Å². The van der Waals surface area contributed by atoms with Crippen LogP contribution in [0.4, 0.5) is 23.1 Å². The van der Waals surface area contributed by atoms with Crippen molar-refractivity contribution in [1.29, 1.82) is 0 Å². The molecular weight excluding hydrogens is 542 g/mol. The van der Waals surface area contributed by atoms with Gasteiger partial charge < -0.3 is 26.2 Å². The minimum absolute atomic E-state index is 0.129. The van der Waals surface area contributed by atoms with Crippen molar-refractivity contribution in [2.24, 2.45) is 0 Å². The summed E-state index contributed by atoms with van der Waals surface area (Å²) in [6.45, 7) is 5.33. The molecule has 214 valence electrons. The summed E-state index contributed by atoms with van der Waals surface area (Å²) >= 11 is 6.34. The largest absolute Gasteiger partial charge is 0.355 e. The van der Waals surface area contributed by atoms with Crippen LogP contribution >= 0.6 is 11.6 Å². The Balaban J connectivity index is 1.31. The lowest BCUT2D eigenvalue weighted by atomic mass is 9.89. The van der Waals surface area contributed by atoms with E-state index in [2.05, 4.69) is 49.9 Å². The van der Waals surface area contributed by atoms with Crippen LogP contribution in [0.2, 0.25) is 5.02 Å². The Bertz CT molecular complexity index is 1390. The van der Waals surface area contributed by atoms with E-state index in [0.717, 1.165) is 31.6 Å². The number of benzene rings is 2. The number of nitrogens with one attached hydrogen (secondary N) is 4. The normalized spacial score (nSPS) is 13.3. The number of likely N-dealkylation sites (tertiary alicyclic amines) is 1. The van der Waals surface area contributed by atoms with Gasteiger partial charge in [-0.3, -0.25) is 14.4 Å². The van der Waals surface area contributed by atoms with E-state index in [1.807, 2.05) is 23.1 Å². The standard InChI is InChI=1S/C30H34ClN7O3/c1-3-26(39)33-16-6-9-27(40)38-17-14-21(15-18-38)20-10-12-22(13-11-20)35-30-34-19-24(31)28(37-30)36-25-8-5-4-7-23(25)29(41)32-2/h3-5,7-8,10-13,19,21H,1,6,9,14-18H2,2H3,(H,32,41)(H,33,39)(H2,34,35,36,37). The molecule has 3 aromatic rings. The first-order valence-electron chi connectivity index (χ1n) is 13.5. The van der Waals surface area contributed by atoms with Crippen molar-refractivity contribution in [3.8, 4) is 0 Å². The SMILES string of the molecule is C=CC(=O)NCCCC(=O)N1CCC(c2ccc(Nc3ncc(Cl)c(Nc4ccccc4C(=O)NC)n3)cc2)CC1. The number of halogens is 1. The summed E-state index contributed by atoms with van der Waals surface area (Å²) < 4.78 is 0. The molecule has 4 rings (SSSR count). The minimum Gasteiger partial charge on any atom is -0.355 e. The van der Waals surface area contributed by atoms with Gasteiger partial charge in [0.15, 0.2) is 5.82 Å². The predicted octanol–water partition coefficient (Wildman–Crippen LogP) is 4.77. The Morgan fingerprint density at radius 3 is 2.51 bits per heavy atom. The van der Waals surface area contributed by atoms with Crippen molar-refractivity contribution < 1.29 is 14.4 Å². The van der Waals surface area contributed by atoms with E-state index >= 15 is 0 Å². The molecule has 0 bridgehead atoms. The lowest BCUT2D eigenvalue weighted by molar-refractivity contribution is -0.132. The highest BCUT2D eigenvalue weighted by atomic mass is 35.5. The molecule has 10 nitrogen and oxygen atoms in total. The molecule has 1 aromatic heterocycles. The summed E-state index contributed by atoms with van der Waals surface area (Å²) in [5.41, 5.74) is 3.09. The molecule has 4 N–H and O–H groups in total. The van der Waals surface area contributed by atoms with E-state index in [0.29, 0.717) is 53.3 Å². The first-order chi connectivity index (χ1) is 19.9. The summed E-state index contributed by atoms with van der Waals surface area (Å²) in [6, 6.07) is 15.2. The first-order valence-corrected chi connectivity index (χ1v) is 13.9. The molecule has 2 heterocycles. The maximum Gasteiger partial charge on any atom is 0.253 e. The van der Waals surface area contributed by atoms with Gasteiger partial charge in [0, 0.05) is 38.8 Å². The van der Waals surface area contributed by atoms with Crippen LogP contribution in [0.25, 0.3) is 0 Å². The number of carbonyl (C=O) groups is 3. The lowest BCUT2D eigenvalue weighted by Gasteiger charge is -2.32. The second-order valence-electron chi connectivity index (χ2n) is 9.64. The van der Waals surface area contributed by atoms with Crippen LogP contribution in [-0.4, -0.2) is 59.3 Å². The van der Waals surface area contributed by atoms with Gasteiger partial charge in [-0.25, -0.2) is 4.98 Å². The molecule has 1 saturated heterocycles. The molecular formula is C30H34ClN7O3. The second-order valence-corrected chi connectivity index (χ2v) is 10.0. The van der Waals surface area contributed by atoms with Gasteiger partial charge in [-0.05, 0) is 61.1 Å². The minimum atomic E-state index is -0.222. The Labute approximate surface area is 244 Å². The molecule has 0 unspecified atom stereocenters. The zero-order valence-corrected chi connectivity index (χ0v) is 23.7. The van der Waals surface area contributed by atoms with Gasteiger partial charge in [0.05, 0.1) is 17.4 Å². The number of para-hydroxylation sites is 1. The van der Waals surface area contributed by atoms with Crippen LogP contribution in [-0.2, 0) is 9.59 Å². The van der Waals surface area contributed by atoms with Crippen molar-refractivity contribution in [2.45, 2.75) is 31.6 Å². The van der Waals surface area contributed by atoms with E-state index in [-0.39, 0.29) is 17.7 Å². The first kappa shape index (κ1) is 29.5. The molecule has 3 amide bonds. The molecule has 1 aliphatic rings. The average molecular weight is 576 g/mol. The van der Waals surface area contributed by atoms with E-state index in [1.165, 1.54) is 17.8 Å². The molecule has 0 spiro atoms. The Kier molecular flexibility index (Phi) is 10.3. The summed E-state index contributed by atoms with van der Waals surface area (Å²) in [5, 5.41) is 12.0. The summed E-state index contributed by atoms with van der Waals surface area (Å²) in [7, 11) is 1.58. The van der Waals surface area contributed by atoms with Crippen molar-refractivity contribution >= 4 is 52.5 Å². The molecule has 41 heavy (non-hydrogen) atoms. The summed E-state index contributed by atoms with van der Waals surface area (Å²) in [6.07, 6.45) is 5.57. The van der Waals surface area contributed by atoms with Gasteiger partial charge in [-0.1, -0.05) is 42.4 Å². The smallest absolute Gasteiger partial charge is 0.253 e. The van der Waals surface area contributed by atoms with Crippen molar-refractivity contribution in [2.75, 3.05) is 37.3 Å². The van der Waals surface area contributed by atoms with Crippen LogP contribution < -0.4 is 21.3 Å². The van der Waals surface area contributed by atoms with Crippen LogP contribution in [0.3, 0.4) is 0 Å². The zero-order valence-electron chi connectivity index (χ0n) is 23.0. The number of carbonyl (C=O) groups excluding carboxylic acids is 3. The predicted molar refractivity (Wildman–Crippen MR) is 161 cm³/mol. The van der Waals surface area contributed by atoms with Gasteiger partial charge in [0.2, 0.25) is 17.8 Å². The topological polar surface area (TPSA) is 128 Å². The van der Waals surface area contributed by atoms with E-state index < -0.39 is 0 Å². The van der Waals surface area contributed by atoms with Crippen molar-refractivity contribution in [3.63, 3.8) is 0 Å². The summed E-state index contributed by atoms with van der Waals surface area (Å²) in [5.74, 6) is 0.799. The Morgan fingerprint density at radius 2 is 1.80 bits per heavy atom. The number of anilines is 4. The molecule has 0 radical (unpaired) electrons. The molecule has 0 atom stereocenters. The monoisotopic (exact) mass is 575 g/mol. The number of hydrogen-bond acceptors (Lipinski definition) is 7. The average Bonchev–Trinajstić information content (AvgIpc) is 3.01. The molecule has 11 heteroatoms. The third-order valence-corrected chi connectivity index (χ3v) is 7.21. The maximum atomic E-state index is 12.5. The highest BCUT2D eigenvalue weighted by Crippen LogP contribution is 2.30. The van der Waals surface area contributed by atoms with Gasteiger partial charge >= 0.3 is 0 Å². The Hall–Kier alpha value is -4.44. The number of aromatic nitrogens is 2. The van der Waals surface area contributed by atoms with Crippen LogP contribution in [0.1, 0.15) is 47.5 Å². The van der Waals surface area contributed by atoms with E-state index in [9.17, 15) is 14.4 Å². The number of hydrogen-bond donors (Lipinski definition) is 4. The van der Waals surface area contributed by atoms with Crippen LogP contribution in [0.15, 0.2) is 67.4 Å². The van der Waals surface area contributed by atoms with Crippen molar-refractivity contribution in [1.82, 2.24) is 25.5 Å². The fourth-order valence-electron chi connectivity index (χ4n) is 4.68. The zero-order chi connectivity index (χ0) is 29.2. The molecule has 2 aromatic carbocycles. The number of piperidine rings is 1. The third-order valence-electron chi connectivity index (χ3n) is 6.93. The van der Waals surface area contributed by atoms with Crippen LogP contribution in [0.5, 0.6) is 0 Å². The van der Waals surface area contributed by atoms with Gasteiger partial charge in [0.25, 0.3) is 5.91 Å². The number of rotatable bonds is 11. The fraction of sp³-hybridized carbons (Fsp3) is 0.300. The van der Waals surface area contributed by atoms with Gasteiger partial charge in [-0.2, -0.15) is 4.98 Å². The van der Waals surface area contributed by atoms with Gasteiger partial charge in [0.1, 0.15) is 5.02 Å². The highest BCUT2D eigenvalue weighted by Gasteiger charge is 2.23. The highest BCUT2D eigenvalue weighted by molar-refractivity contribution is 6.33. The number of nitrogens with zero attached hydrogens (tertiary/aromatic N) is 3. The quantitative estimate of drug-likeness (QED) is 0.192.